The lowest BCUT2D eigenvalue weighted by molar-refractivity contribution is -0.118. The number of aromatic nitrogens is 2. The van der Waals surface area contributed by atoms with E-state index in [1.807, 2.05) is 6.20 Å². The fraction of sp³-hybridized carbons (Fsp3) is 0.600. The van der Waals surface area contributed by atoms with Crippen molar-refractivity contribution in [1.82, 2.24) is 9.78 Å². The summed E-state index contributed by atoms with van der Waals surface area (Å²) in [5.41, 5.74) is 6.47. The van der Waals surface area contributed by atoms with E-state index < -0.39 is 0 Å². The fourth-order valence-electron chi connectivity index (χ4n) is 1.76. The Morgan fingerprint density at radius 1 is 1.69 bits per heavy atom. The number of methoxy groups -OCH3 is 1. The number of rotatable bonds is 4. The second kappa shape index (κ2) is 4.63. The second-order valence-corrected chi connectivity index (χ2v) is 3.84. The van der Waals surface area contributed by atoms with E-state index in [4.69, 9.17) is 10.5 Å². The molecule has 6 heteroatoms. The molecule has 1 amide bonds. The van der Waals surface area contributed by atoms with Gasteiger partial charge in [-0.15, -0.1) is 0 Å². The van der Waals surface area contributed by atoms with E-state index >= 15 is 0 Å². The number of carbonyl (C=O) groups excluding carboxylic acids is 1. The zero-order chi connectivity index (χ0) is 11.5. The van der Waals surface area contributed by atoms with Crippen molar-refractivity contribution in [1.29, 1.82) is 0 Å². The van der Waals surface area contributed by atoms with Crippen LogP contribution >= 0.6 is 0 Å². The molecule has 1 unspecified atom stereocenters. The Labute approximate surface area is 94.0 Å². The summed E-state index contributed by atoms with van der Waals surface area (Å²) in [7, 11) is 1.65. The predicted octanol–water partition coefficient (Wildman–Crippen LogP) is -0.406. The Morgan fingerprint density at radius 3 is 3.12 bits per heavy atom. The standard InChI is InChI=1S/C10H16N4O2/c1-16-5-4-13-7-8(6-12-13)14-3-2-9(11)10(14)15/h6-7,9H,2-5,11H2,1H3. The van der Waals surface area contributed by atoms with Crippen LogP contribution in [0.4, 0.5) is 5.69 Å². The van der Waals surface area contributed by atoms with Crippen molar-refractivity contribution < 1.29 is 9.53 Å². The zero-order valence-corrected chi connectivity index (χ0v) is 9.30. The first-order chi connectivity index (χ1) is 7.72. The van der Waals surface area contributed by atoms with Crippen LogP contribution in [-0.2, 0) is 16.1 Å². The van der Waals surface area contributed by atoms with Gasteiger partial charge in [-0.05, 0) is 6.42 Å². The SMILES string of the molecule is COCCn1cc(N2CCC(N)C2=O)cn1. The quantitative estimate of drug-likeness (QED) is 0.754. The molecule has 0 bridgehead atoms. The summed E-state index contributed by atoms with van der Waals surface area (Å²) in [6.07, 6.45) is 4.24. The third-order valence-electron chi connectivity index (χ3n) is 2.70. The molecule has 0 radical (unpaired) electrons. The molecule has 1 aliphatic rings. The van der Waals surface area contributed by atoms with E-state index in [-0.39, 0.29) is 11.9 Å². The number of hydrogen-bond acceptors (Lipinski definition) is 4. The second-order valence-electron chi connectivity index (χ2n) is 3.84. The van der Waals surface area contributed by atoms with E-state index in [2.05, 4.69) is 5.10 Å². The van der Waals surface area contributed by atoms with Crippen molar-refractivity contribution in [3.05, 3.63) is 12.4 Å². The van der Waals surface area contributed by atoms with Crippen LogP contribution in [0.15, 0.2) is 12.4 Å². The summed E-state index contributed by atoms with van der Waals surface area (Å²) in [6.45, 7) is 1.97. The number of carbonyl (C=O) groups is 1. The molecule has 0 aromatic carbocycles. The molecule has 0 saturated carbocycles. The van der Waals surface area contributed by atoms with Gasteiger partial charge in [0.05, 0.1) is 31.1 Å². The lowest BCUT2D eigenvalue weighted by Crippen LogP contribution is -2.33. The molecule has 2 N–H and O–H groups in total. The first kappa shape index (κ1) is 11.1. The summed E-state index contributed by atoms with van der Waals surface area (Å²) < 4.78 is 6.72. The molecule has 1 fully saturated rings. The van der Waals surface area contributed by atoms with Crippen LogP contribution in [0, 0.1) is 0 Å². The van der Waals surface area contributed by atoms with Gasteiger partial charge in [-0.25, -0.2) is 0 Å². The van der Waals surface area contributed by atoms with Crippen LogP contribution < -0.4 is 10.6 Å². The van der Waals surface area contributed by atoms with E-state index in [1.165, 1.54) is 0 Å². The molecular weight excluding hydrogens is 208 g/mol. The van der Waals surface area contributed by atoms with Crippen molar-refractivity contribution in [2.24, 2.45) is 5.73 Å². The number of amides is 1. The molecule has 2 heterocycles. The van der Waals surface area contributed by atoms with Gasteiger partial charge in [0.1, 0.15) is 0 Å². The van der Waals surface area contributed by atoms with Crippen molar-refractivity contribution in [2.75, 3.05) is 25.2 Å². The summed E-state index contributed by atoms with van der Waals surface area (Å²) in [5.74, 6) is -0.0220. The Kier molecular flexibility index (Phi) is 3.21. The summed E-state index contributed by atoms with van der Waals surface area (Å²) >= 11 is 0. The number of anilines is 1. The molecule has 1 atom stereocenters. The Hall–Kier alpha value is -1.40. The van der Waals surface area contributed by atoms with E-state index in [9.17, 15) is 4.79 Å². The number of hydrogen-bond donors (Lipinski definition) is 1. The minimum absolute atomic E-state index is 0.0220. The summed E-state index contributed by atoms with van der Waals surface area (Å²) in [4.78, 5) is 13.3. The average molecular weight is 224 g/mol. The zero-order valence-electron chi connectivity index (χ0n) is 9.30. The Bertz CT molecular complexity index is 377. The van der Waals surface area contributed by atoms with E-state index in [0.717, 1.165) is 5.69 Å². The van der Waals surface area contributed by atoms with Gasteiger partial charge in [0.15, 0.2) is 0 Å². The molecule has 2 rings (SSSR count). The minimum atomic E-state index is -0.359. The molecular formula is C10H16N4O2. The van der Waals surface area contributed by atoms with Gasteiger partial charge in [-0.2, -0.15) is 5.10 Å². The molecule has 0 aliphatic carbocycles. The first-order valence-corrected chi connectivity index (χ1v) is 5.30. The van der Waals surface area contributed by atoms with Gasteiger partial charge in [-0.1, -0.05) is 0 Å². The molecule has 1 aliphatic heterocycles. The maximum atomic E-state index is 11.7. The van der Waals surface area contributed by atoms with Crippen molar-refractivity contribution in [2.45, 2.75) is 19.0 Å². The smallest absolute Gasteiger partial charge is 0.244 e. The van der Waals surface area contributed by atoms with Gasteiger partial charge in [0.25, 0.3) is 0 Å². The largest absolute Gasteiger partial charge is 0.383 e. The van der Waals surface area contributed by atoms with E-state index in [1.54, 1.807) is 22.9 Å². The molecule has 1 saturated heterocycles. The summed E-state index contributed by atoms with van der Waals surface area (Å²) in [5, 5.41) is 4.16. The highest BCUT2D eigenvalue weighted by atomic mass is 16.5. The highest BCUT2D eigenvalue weighted by Crippen LogP contribution is 2.19. The van der Waals surface area contributed by atoms with Gasteiger partial charge in [0.2, 0.25) is 5.91 Å². The predicted molar refractivity (Wildman–Crippen MR) is 59.0 cm³/mol. The van der Waals surface area contributed by atoms with Crippen LogP contribution in [0.5, 0.6) is 0 Å². The molecule has 1 aromatic rings. The van der Waals surface area contributed by atoms with Crippen molar-refractivity contribution >= 4 is 11.6 Å². The van der Waals surface area contributed by atoms with Gasteiger partial charge in [0, 0.05) is 19.9 Å². The monoisotopic (exact) mass is 224 g/mol. The number of nitrogens with zero attached hydrogens (tertiary/aromatic N) is 3. The Balaban J connectivity index is 2.04. The van der Waals surface area contributed by atoms with Crippen LogP contribution in [-0.4, -0.2) is 42.0 Å². The highest BCUT2D eigenvalue weighted by Gasteiger charge is 2.30. The third kappa shape index (κ3) is 2.07. The molecule has 1 aromatic heterocycles. The fourth-order valence-corrected chi connectivity index (χ4v) is 1.76. The Morgan fingerprint density at radius 2 is 2.50 bits per heavy atom. The number of nitrogens with two attached hydrogens (primary N) is 1. The lowest BCUT2D eigenvalue weighted by Gasteiger charge is -2.12. The minimum Gasteiger partial charge on any atom is -0.383 e. The topological polar surface area (TPSA) is 73.4 Å². The van der Waals surface area contributed by atoms with Gasteiger partial charge >= 0.3 is 0 Å². The van der Waals surface area contributed by atoms with Crippen molar-refractivity contribution in [3.8, 4) is 0 Å². The van der Waals surface area contributed by atoms with Crippen LogP contribution in [0.25, 0.3) is 0 Å². The molecule has 0 spiro atoms. The third-order valence-corrected chi connectivity index (χ3v) is 2.70. The summed E-state index contributed by atoms with van der Waals surface area (Å²) in [6, 6.07) is -0.359. The van der Waals surface area contributed by atoms with Gasteiger partial charge < -0.3 is 15.4 Å². The average Bonchev–Trinajstić information content (AvgIpc) is 2.85. The van der Waals surface area contributed by atoms with Crippen LogP contribution in [0.3, 0.4) is 0 Å². The normalized spacial score (nSPS) is 20.8. The van der Waals surface area contributed by atoms with Crippen LogP contribution in [0.2, 0.25) is 0 Å². The van der Waals surface area contributed by atoms with Gasteiger partial charge in [-0.3, -0.25) is 9.48 Å². The molecule has 6 nitrogen and oxygen atoms in total. The maximum Gasteiger partial charge on any atom is 0.244 e. The number of ether oxygens (including phenoxy) is 1. The van der Waals surface area contributed by atoms with E-state index in [0.29, 0.717) is 26.1 Å². The highest BCUT2D eigenvalue weighted by molar-refractivity contribution is 5.99. The molecule has 88 valence electrons. The first-order valence-electron chi connectivity index (χ1n) is 5.30. The van der Waals surface area contributed by atoms with Crippen LogP contribution in [0.1, 0.15) is 6.42 Å². The maximum absolute atomic E-state index is 11.7. The molecule has 16 heavy (non-hydrogen) atoms. The van der Waals surface area contributed by atoms with Crippen molar-refractivity contribution in [3.63, 3.8) is 0 Å². The lowest BCUT2D eigenvalue weighted by atomic mass is 10.3.